The van der Waals surface area contributed by atoms with Crippen LogP contribution in [0.3, 0.4) is 0 Å². The quantitative estimate of drug-likeness (QED) is 0.616. The first kappa shape index (κ1) is 18.1. The van der Waals surface area contributed by atoms with E-state index in [1.165, 1.54) is 0 Å². The first-order valence-corrected chi connectivity index (χ1v) is 12.0. The van der Waals surface area contributed by atoms with Crippen molar-refractivity contribution >= 4 is 24.5 Å². The first-order chi connectivity index (χ1) is 14.3. The maximum Gasteiger partial charge on any atom is 0.261 e. The summed E-state index contributed by atoms with van der Waals surface area (Å²) in [6.07, 6.45) is 2.34. The third-order valence-electron chi connectivity index (χ3n) is 5.40. The summed E-state index contributed by atoms with van der Waals surface area (Å²) in [6.45, 7) is 6.72. The van der Waals surface area contributed by atoms with Gasteiger partial charge in [0.25, 0.3) is 8.32 Å². The predicted octanol–water partition coefficient (Wildman–Crippen LogP) is 5.02. The Kier molecular flexibility index (Phi) is 5.82. The van der Waals surface area contributed by atoms with Crippen LogP contribution in [0.2, 0.25) is 5.04 Å². The van der Waals surface area contributed by atoms with Crippen LogP contribution in [0.5, 0.6) is 0 Å². The highest BCUT2D eigenvalue weighted by Gasteiger charge is 2.49. The Morgan fingerprint density at radius 2 is 1.57 bits per heavy atom. The van der Waals surface area contributed by atoms with Crippen molar-refractivity contribution in [2.75, 3.05) is 6.61 Å². The number of rotatable bonds is 7. The minimum Gasteiger partial charge on any atom is -0.407 e. The van der Waals surface area contributed by atoms with Crippen molar-refractivity contribution in [1.29, 1.82) is 0 Å². The summed E-state index contributed by atoms with van der Waals surface area (Å²) < 4.78 is 23.9. The second-order valence-corrected chi connectivity index (χ2v) is 12.7. The molecule has 0 saturated carbocycles. The van der Waals surface area contributed by atoms with Gasteiger partial charge in [-0.05, 0) is 46.6 Å². The van der Waals surface area contributed by atoms with E-state index in [1.54, 1.807) is 0 Å². The van der Waals surface area contributed by atoms with Crippen molar-refractivity contribution in [3.63, 3.8) is 0 Å². The smallest absolute Gasteiger partial charge is 0.261 e. The van der Waals surface area contributed by atoms with Crippen molar-refractivity contribution in [1.82, 2.24) is 0 Å². The van der Waals surface area contributed by atoms with Gasteiger partial charge in [-0.25, -0.2) is 0 Å². The molecule has 2 atom stereocenters. The molecule has 2 nitrogen and oxygen atoms in total. The van der Waals surface area contributed by atoms with Crippen molar-refractivity contribution in [2.45, 2.75) is 57.9 Å². The molecule has 1 aliphatic carbocycles. The summed E-state index contributed by atoms with van der Waals surface area (Å²) in [5.41, 5.74) is 0.493. The van der Waals surface area contributed by atoms with Crippen LogP contribution in [0.25, 0.3) is 0 Å². The van der Waals surface area contributed by atoms with E-state index in [2.05, 4.69) is 45.0 Å². The molecule has 28 heavy (non-hydrogen) atoms. The fraction of sp³-hybridized carbons (Fsp3) is 0.400. The normalized spacial score (nSPS) is 18.7. The van der Waals surface area contributed by atoms with E-state index in [0.717, 1.165) is 23.2 Å². The average molecular weight is 395 g/mol. The molecule has 0 bridgehead atoms. The van der Waals surface area contributed by atoms with E-state index in [1.807, 2.05) is 42.5 Å². The Morgan fingerprint density at radius 3 is 2.07 bits per heavy atom. The SMILES string of the molecule is [2H][C@H](C1=CCCCC1=O)[C@@H]([2H])CO[Si](c1ccccc1)(c1ccccc1)C(C)(C)C. The van der Waals surface area contributed by atoms with Gasteiger partial charge in [-0.15, -0.1) is 0 Å². The number of allylic oxidation sites excluding steroid dienone is 2. The third-order valence-corrected chi connectivity index (χ3v) is 10.4. The molecule has 0 radical (unpaired) electrons. The molecule has 0 amide bonds. The molecule has 2 aromatic carbocycles. The molecule has 0 heterocycles. The lowest BCUT2D eigenvalue weighted by atomic mass is 9.95. The van der Waals surface area contributed by atoms with Crippen molar-refractivity contribution in [3.8, 4) is 0 Å². The van der Waals surface area contributed by atoms with Gasteiger partial charge in [0.05, 0.1) is 0 Å². The van der Waals surface area contributed by atoms with Gasteiger partial charge in [0, 0.05) is 15.8 Å². The number of carbonyl (C=O) groups excluding carboxylic acids is 1. The van der Waals surface area contributed by atoms with Crippen LogP contribution in [0.4, 0.5) is 0 Å². The maximum atomic E-state index is 12.2. The lowest BCUT2D eigenvalue weighted by molar-refractivity contribution is -0.116. The molecular formula is C25H32O2Si. The molecule has 0 aromatic heterocycles. The summed E-state index contributed by atoms with van der Waals surface area (Å²) >= 11 is 0. The summed E-state index contributed by atoms with van der Waals surface area (Å²) in [4.78, 5) is 12.2. The van der Waals surface area contributed by atoms with Gasteiger partial charge in [0.1, 0.15) is 0 Å². The number of carbonyl (C=O) groups is 1. The lowest BCUT2D eigenvalue weighted by Gasteiger charge is -2.43. The molecule has 0 fully saturated rings. The monoisotopic (exact) mass is 394 g/mol. The van der Waals surface area contributed by atoms with Crippen LogP contribution in [0, 0.1) is 0 Å². The molecule has 1 aliphatic rings. The second kappa shape index (κ2) is 9.02. The summed E-state index contributed by atoms with van der Waals surface area (Å²) in [5.74, 6) is 0.0175. The Morgan fingerprint density at radius 1 is 1.00 bits per heavy atom. The van der Waals surface area contributed by atoms with Crippen LogP contribution in [0.1, 0.15) is 55.6 Å². The van der Waals surface area contributed by atoms with E-state index >= 15 is 0 Å². The maximum absolute atomic E-state index is 12.2. The van der Waals surface area contributed by atoms with E-state index in [9.17, 15) is 4.79 Å². The molecule has 3 heteroatoms. The number of hydrogen-bond acceptors (Lipinski definition) is 2. The van der Waals surface area contributed by atoms with Gasteiger partial charge in [-0.1, -0.05) is 87.5 Å². The fourth-order valence-electron chi connectivity index (χ4n) is 4.05. The third kappa shape index (κ3) is 4.36. The molecule has 3 rings (SSSR count). The molecule has 0 spiro atoms. The van der Waals surface area contributed by atoms with Crippen molar-refractivity contribution in [2.24, 2.45) is 0 Å². The van der Waals surface area contributed by atoms with Gasteiger partial charge in [-0.2, -0.15) is 0 Å². The predicted molar refractivity (Wildman–Crippen MR) is 120 cm³/mol. The summed E-state index contributed by atoms with van der Waals surface area (Å²) in [5, 5.41) is 2.14. The molecule has 0 aliphatic heterocycles. The largest absolute Gasteiger partial charge is 0.407 e. The highest BCUT2D eigenvalue weighted by atomic mass is 28.4. The number of ketones is 1. The minimum atomic E-state index is -2.73. The molecule has 148 valence electrons. The lowest BCUT2D eigenvalue weighted by Crippen LogP contribution is -2.66. The summed E-state index contributed by atoms with van der Waals surface area (Å²) in [7, 11) is -2.73. The molecule has 0 saturated heterocycles. The topological polar surface area (TPSA) is 26.3 Å². The Balaban J connectivity index is 1.95. The number of Topliss-reactive ketones (excluding diaryl/α,β-unsaturated/α-hetero) is 1. The Hall–Kier alpha value is -1.97. The van der Waals surface area contributed by atoms with Crippen molar-refractivity contribution in [3.05, 3.63) is 72.3 Å². The van der Waals surface area contributed by atoms with Crippen LogP contribution < -0.4 is 10.4 Å². The second-order valence-electron chi connectivity index (χ2n) is 8.35. The van der Waals surface area contributed by atoms with Crippen LogP contribution in [-0.4, -0.2) is 20.7 Å². The molecule has 0 N–H and O–H groups in total. The van der Waals surface area contributed by atoms with Gasteiger partial charge in [-0.3, -0.25) is 4.79 Å². The van der Waals surface area contributed by atoms with Crippen LogP contribution in [0.15, 0.2) is 72.3 Å². The van der Waals surface area contributed by atoms with Crippen LogP contribution >= 0.6 is 0 Å². The van der Waals surface area contributed by atoms with Gasteiger partial charge >= 0.3 is 0 Å². The number of hydrogen-bond donors (Lipinski definition) is 0. The molecular weight excluding hydrogens is 360 g/mol. The van der Waals surface area contributed by atoms with Crippen LogP contribution in [-0.2, 0) is 9.22 Å². The first-order valence-electron chi connectivity index (χ1n) is 11.3. The Labute approximate surface area is 173 Å². The average Bonchev–Trinajstić information content (AvgIpc) is 2.74. The van der Waals surface area contributed by atoms with Gasteiger partial charge in [0.2, 0.25) is 0 Å². The zero-order valence-corrected chi connectivity index (χ0v) is 18.2. The molecule has 2 aromatic rings. The van der Waals surface area contributed by atoms with Gasteiger partial charge in [0.15, 0.2) is 5.78 Å². The van der Waals surface area contributed by atoms with Crippen molar-refractivity contribution < 1.29 is 12.0 Å². The summed E-state index contributed by atoms with van der Waals surface area (Å²) in [6, 6.07) is 20.6. The highest BCUT2D eigenvalue weighted by Crippen LogP contribution is 2.37. The fourth-order valence-corrected chi connectivity index (χ4v) is 8.55. The number of benzene rings is 2. The highest BCUT2D eigenvalue weighted by molar-refractivity contribution is 6.99. The van der Waals surface area contributed by atoms with E-state index in [4.69, 9.17) is 7.17 Å². The zero-order chi connectivity index (χ0) is 21.8. The minimum absolute atomic E-state index is 0.0175. The van der Waals surface area contributed by atoms with E-state index in [-0.39, 0.29) is 17.4 Å². The van der Waals surface area contributed by atoms with Gasteiger partial charge < -0.3 is 4.43 Å². The standard InChI is InChI=1S/C25H32O2Si/c1-25(2,3)28(22-15-6-4-7-16-22,23-17-8-5-9-18-23)27-20-12-14-21-13-10-11-19-24(21)26/h4-9,13,15-18H,10-12,14,19-20H2,1-3H3/i12D,14D/t12-,14+/m1/s1. The van der Waals surface area contributed by atoms with E-state index < -0.39 is 21.1 Å². The molecule has 0 unspecified atom stereocenters. The Bertz CT molecular complexity index is 836. The zero-order valence-electron chi connectivity index (χ0n) is 19.2. The van der Waals surface area contributed by atoms with E-state index in [0.29, 0.717) is 12.0 Å².